The van der Waals surface area contributed by atoms with Crippen molar-refractivity contribution in [2.24, 2.45) is 17.6 Å². The molecule has 0 aromatic heterocycles. The highest BCUT2D eigenvalue weighted by molar-refractivity contribution is 5.79. The third kappa shape index (κ3) is 3.42. The van der Waals surface area contributed by atoms with Crippen LogP contribution in [0.1, 0.15) is 39.0 Å². The molecule has 3 atom stereocenters. The Morgan fingerprint density at radius 3 is 2.59 bits per heavy atom. The molecule has 1 saturated heterocycles. The number of ether oxygens (including phenoxy) is 1. The van der Waals surface area contributed by atoms with Gasteiger partial charge in [-0.05, 0) is 44.9 Å². The van der Waals surface area contributed by atoms with Crippen molar-refractivity contribution in [3.63, 3.8) is 0 Å². The van der Waals surface area contributed by atoms with Crippen LogP contribution in [0.15, 0.2) is 0 Å². The molecule has 4 heteroatoms. The molecule has 0 aromatic carbocycles. The first kappa shape index (κ1) is 12.8. The summed E-state index contributed by atoms with van der Waals surface area (Å²) in [5.41, 5.74) is 5.84. The summed E-state index contributed by atoms with van der Waals surface area (Å²) >= 11 is 0. The fourth-order valence-electron chi connectivity index (χ4n) is 2.93. The number of rotatable bonds is 3. The van der Waals surface area contributed by atoms with E-state index in [0.29, 0.717) is 5.92 Å². The van der Waals surface area contributed by atoms with Gasteiger partial charge in [-0.15, -0.1) is 0 Å². The van der Waals surface area contributed by atoms with E-state index in [1.807, 2.05) is 0 Å². The molecule has 4 nitrogen and oxygen atoms in total. The number of nitrogens with two attached hydrogens (primary N) is 1. The lowest BCUT2D eigenvalue weighted by atomic mass is 9.92. The molecule has 3 unspecified atom stereocenters. The molecule has 98 valence electrons. The van der Waals surface area contributed by atoms with Crippen molar-refractivity contribution in [2.75, 3.05) is 13.2 Å². The van der Waals surface area contributed by atoms with Gasteiger partial charge in [0.25, 0.3) is 0 Å². The van der Waals surface area contributed by atoms with Crippen LogP contribution in [-0.2, 0) is 9.53 Å². The summed E-state index contributed by atoms with van der Waals surface area (Å²) in [5, 5.41) is 3.16. The maximum atomic E-state index is 12.0. The topological polar surface area (TPSA) is 64.4 Å². The maximum Gasteiger partial charge on any atom is 0.223 e. The second-order valence-corrected chi connectivity index (χ2v) is 5.52. The molecule has 1 saturated carbocycles. The first-order valence-electron chi connectivity index (χ1n) is 6.80. The zero-order chi connectivity index (χ0) is 12.3. The lowest BCUT2D eigenvalue weighted by Crippen LogP contribution is -2.42. The van der Waals surface area contributed by atoms with Gasteiger partial charge in [0.15, 0.2) is 0 Å². The molecule has 0 spiro atoms. The number of amides is 1. The third-order valence-electron chi connectivity index (χ3n) is 4.19. The Bertz CT molecular complexity index is 264. The average molecular weight is 240 g/mol. The monoisotopic (exact) mass is 240 g/mol. The number of carbonyl (C=O) groups excluding carboxylic acids is 1. The first-order chi connectivity index (χ1) is 8.16. The van der Waals surface area contributed by atoms with Crippen LogP contribution in [0.2, 0.25) is 0 Å². The fourth-order valence-corrected chi connectivity index (χ4v) is 2.93. The van der Waals surface area contributed by atoms with E-state index in [0.717, 1.165) is 45.3 Å². The zero-order valence-corrected chi connectivity index (χ0v) is 10.7. The van der Waals surface area contributed by atoms with Crippen LogP contribution < -0.4 is 11.1 Å². The van der Waals surface area contributed by atoms with Crippen molar-refractivity contribution in [3.05, 3.63) is 0 Å². The summed E-state index contributed by atoms with van der Waals surface area (Å²) in [7, 11) is 0. The van der Waals surface area contributed by atoms with Gasteiger partial charge < -0.3 is 15.8 Å². The predicted molar refractivity (Wildman–Crippen MR) is 66.5 cm³/mol. The van der Waals surface area contributed by atoms with Crippen LogP contribution in [0, 0.1) is 11.8 Å². The Balaban J connectivity index is 1.77. The van der Waals surface area contributed by atoms with E-state index in [1.165, 1.54) is 0 Å². The Morgan fingerprint density at radius 2 is 2.00 bits per heavy atom. The summed E-state index contributed by atoms with van der Waals surface area (Å²) < 4.78 is 5.34. The maximum absolute atomic E-state index is 12.0. The van der Waals surface area contributed by atoms with Crippen LogP contribution in [0.5, 0.6) is 0 Å². The lowest BCUT2D eigenvalue weighted by molar-refractivity contribution is -0.126. The number of hydrogen-bond donors (Lipinski definition) is 2. The van der Waals surface area contributed by atoms with E-state index in [9.17, 15) is 4.79 Å². The molecule has 0 bridgehead atoms. The minimum atomic E-state index is 0.146. The normalized spacial score (nSPS) is 32.4. The lowest BCUT2D eigenvalue weighted by Gasteiger charge is -2.29. The molecular formula is C13H24N2O2. The van der Waals surface area contributed by atoms with Crippen LogP contribution >= 0.6 is 0 Å². The zero-order valence-electron chi connectivity index (χ0n) is 10.7. The predicted octanol–water partition coefficient (Wildman–Crippen LogP) is 1.05. The fraction of sp³-hybridized carbons (Fsp3) is 0.923. The van der Waals surface area contributed by atoms with Crippen molar-refractivity contribution in [1.29, 1.82) is 0 Å². The van der Waals surface area contributed by atoms with E-state index in [-0.39, 0.29) is 23.9 Å². The van der Waals surface area contributed by atoms with Crippen molar-refractivity contribution in [2.45, 2.75) is 51.1 Å². The Hall–Kier alpha value is -0.610. The minimum absolute atomic E-state index is 0.146. The molecule has 1 amide bonds. The van der Waals surface area contributed by atoms with Gasteiger partial charge in [0.1, 0.15) is 0 Å². The second-order valence-electron chi connectivity index (χ2n) is 5.52. The quantitative estimate of drug-likeness (QED) is 0.775. The molecular weight excluding hydrogens is 216 g/mol. The summed E-state index contributed by atoms with van der Waals surface area (Å²) in [6.45, 7) is 3.78. The summed E-state index contributed by atoms with van der Waals surface area (Å²) in [4.78, 5) is 12.0. The van der Waals surface area contributed by atoms with Crippen LogP contribution in [0.25, 0.3) is 0 Å². The van der Waals surface area contributed by atoms with Crippen molar-refractivity contribution < 1.29 is 9.53 Å². The molecule has 0 radical (unpaired) electrons. The highest BCUT2D eigenvalue weighted by Crippen LogP contribution is 2.25. The Morgan fingerprint density at radius 1 is 1.29 bits per heavy atom. The molecule has 2 fully saturated rings. The molecule has 2 aliphatic rings. The van der Waals surface area contributed by atoms with Gasteiger partial charge in [-0.3, -0.25) is 4.79 Å². The second kappa shape index (κ2) is 5.83. The van der Waals surface area contributed by atoms with Crippen molar-refractivity contribution in [3.8, 4) is 0 Å². The van der Waals surface area contributed by atoms with Gasteiger partial charge in [-0.1, -0.05) is 0 Å². The molecule has 0 aromatic rings. The molecule has 3 N–H and O–H groups in total. The van der Waals surface area contributed by atoms with Gasteiger partial charge in [-0.2, -0.15) is 0 Å². The molecule has 1 heterocycles. The molecule has 17 heavy (non-hydrogen) atoms. The minimum Gasteiger partial charge on any atom is -0.381 e. The van der Waals surface area contributed by atoms with E-state index >= 15 is 0 Å². The first-order valence-corrected chi connectivity index (χ1v) is 6.80. The summed E-state index contributed by atoms with van der Waals surface area (Å²) in [6, 6.07) is 0.493. The van der Waals surface area contributed by atoms with Crippen LogP contribution in [0.3, 0.4) is 0 Å². The molecule has 2 rings (SSSR count). The summed E-state index contributed by atoms with van der Waals surface area (Å²) in [6.07, 6.45) is 4.92. The number of carbonyl (C=O) groups is 1. The van der Waals surface area contributed by atoms with Gasteiger partial charge in [0.05, 0.1) is 0 Å². The Labute approximate surface area is 103 Å². The van der Waals surface area contributed by atoms with Gasteiger partial charge in [0.2, 0.25) is 5.91 Å². The van der Waals surface area contributed by atoms with Crippen molar-refractivity contribution >= 4 is 5.91 Å². The van der Waals surface area contributed by atoms with E-state index in [2.05, 4.69) is 12.2 Å². The smallest absolute Gasteiger partial charge is 0.223 e. The largest absolute Gasteiger partial charge is 0.381 e. The van der Waals surface area contributed by atoms with E-state index < -0.39 is 0 Å². The van der Waals surface area contributed by atoms with Crippen LogP contribution in [0.4, 0.5) is 0 Å². The molecule has 1 aliphatic carbocycles. The highest BCUT2D eigenvalue weighted by Gasteiger charge is 2.30. The third-order valence-corrected chi connectivity index (χ3v) is 4.19. The van der Waals surface area contributed by atoms with Gasteiger partial charge in [-0.25, -0.2) is 0 Å². The summed E-state index contributed by atoms with van der Waals surface area (Å²) in [5.74, 6) is 0.923. The average Bonchev–Trinajstić information content (AvgIpc) is 2.77. The number of nitrogens with one attached hydrogen (secondary N) is 1. The standard InChI is InChI=1S/C13H24N2O2/c1-9(10-4-6-17-7-5-10)15-13(16)11-2-3-12(14)8-11/h9-12H,2-8,14H2,1H3,(H,15,16). The SMILES string of the molecule is CC(NC(=O)C1CCC(N)C1)C1CCOCC1. The number of hydrogen-bond acceptors (Lipinski definition) is 3. The van der Waals surface area contributed by atoms with Crippen molar-refractivity contribution in [1.82, 2.24) is 5.32 Å². The highest BCUT2D eigenvalue weighted by atomic mass is 16.5. The van der Waals surface area contributed by atoms with Gasteiger partial charge in [0, 0.05) is 31.2 Å². The van der Waals surface area contributed by atoms with E-state index in [4.69, 9.17) is 10.5 Å². The molecule has 1 aliphatic heterocycles. The van der Waals surface area contributed by atoms with Gasteiger partial charge >= 0.3 is 0 Å². The van der Waals surface area contributed by atoms with E-state index in [1.54, 1.807) is 0 Å². The van der Waals surface area contributed by atoms with Crippen LogP contribution in [-0.4, -0.2) is 31.2 Å². The Kier molecular flexibility index (Phi) is 4.40.